The van der Waals surface area contributed by atoms with Gasteiger partial charge in [-0.25, -0.2) is 8.42 Å². The maximum Gasteiger partial charge on any atom is 0.241 e. The van der Waals surface area contributed by atoms with E-state index in [0.29, 0.717) is 42.0 Å². The van der Waals surface area contributed by atoms with Gasteiger partial charge in [0.15, 0.2) is 0 Å². The molecule has 33 heavy (non-hydrogen) atoms. The van der Waals surface area contributed by atoms with E-state index in [9.17, 15) is 18.5 Å². The molecule has 1 amide bonds. The zero-order chi connectivity index (χ0) is 23.4. The Balaban J connectivity index is 1.61. The molecule has 3 aromatic rings. The maximum atomic E-state index is 13.4. The summed E-state index contributed by atoms with van der Waals surface area (Å²) in [6, 6.07) is 11.3. The van der Waals surface area contributed by atoms with E-state index in [-0.39, 0.29) is 17.2 Å². The highest BCUT2D eigenvalue weighted by atomic mass is 32.2. The summed E-state index contributed by atoms with van der Waals surface area (Å²) in [7, 11) is -3.99. The molecular formula is C24H27N5O3S. The van der Waals surface area contributed by atoms with Crippen LogP contribution in [0, 0.1) is 17.2 Å². The number of likely N-dealkylation sites (tertiary alicyclic amines) is 1. The second-order valence-electron chi connectivity index (χ2n) is 8.52. The molecule has 0 aliphatic carbocycles. The van der Waals surface area contributed by atoms with Crippen LogP contribution in [0.1, 0.15) is 31.9 Å². The number of rotatable bonds is 7. The third kappa shape index (κ3) is 5.07. The van der Waals surface area contributed by atoms with Crippen LogP contribution in [0.2, 0.25) is 0 Å². The van der Waals surface area contributed by atoms with Crippen molar-refractivity contribution in [3.8, 4) is 6.07 Å². The Kier molecular flexibility index (Phi) is 6.77. The van der Waals surface area contributed by atoms with Gasteiger partial charge in [-0.3, -0.25) is 9.78 Å². The summed E-state index contributed by atoms with van der Waals surface area (Å²) in [6.45, 7) is 3.74. The number of carbonyl (C=O) groups excluding carboxylic acids is 1. The number of sulfonamides is 1. The minimum absolute atomic E-state index is 0.117. The molecule has 2 aromatic heterocycles. The highest BCUT2D eigenvalue weighted by Gasteiger charge is 2.31. The van der Waals surface area contributed by atoms with Crippen LogP contribution in [0.5, 0.6) is 0 Å². The van der Waals surface area contributed by atoms with Crippen molar-refractivity contribution in [2.45, 2.75) is 43.7 Å². The lowest BCUT2D eigenvalue weighted by Crippen LogP contribution is -2.50. The van der Waals surface area contributed by atoms with Crippen LogP contribution in [0.4, 0.5) is 0 Å². The molecule has 1 N–H and O–H groups in total. The molecule has 3 heterocycles. The van der Waals surface area contributed by atoms with E-state index in [2.05, 4.69) is 22.7 Å². The van der Waals surface area contributed by atoms with Crippen molar-refractivity contribution in [2.24, 2.45) is 5.92 Å². The predicted molar refractivity (Wildman–Crippen MR) is 125 cm³/mol. The van der Waals surface area contributed by atoms with E-state index >= 15 is 0 Å². The number of aryl methyl sites for hydroxylation is 1. The summed E-state index contributed by atoms with van der Waals surface area (Å²) in [6.07, 6.45) is 6.96. The van der Waals surface area contributed by atoms with E-state index < -0.39 is 16.1 Å². The number of carbonyl (C=O) groups is 1. The molecule has 1 aliphatic rings. The van der Waals surface area contributed by atoms with Crippen LogP contribution in [-0.4, -0.2) is 47.9 Å². The van der Waals surface area contributed by atoms with E-state index in [4.69, 9.17) is 0 Å². The van der Waals surface area contributed by atoms with Crippen molar-refractivity contribution in [1.29, 1.82) is 5.26 Å². The number of nitrogens with zero attached hydrogens (tertiary/aromatic N) is 4. The van der Waals surface area contributed by atoms with Gasteiger partial charge in [-0.15, -0.1) is 0 Å². The van der Waals surface area contributed by atoms with Crippen LogP contribution in [0.3, 0.4) is 0 Å². The lowest BCUT2D eigenvalue weighted by Gasteiger charge is -2.33. The van der Waals surface area contributed by atoms with E-state index in [1.807, 2.05) is 0 Å². The minimum Gasteiger partial charge on any atom is -0.341 e. The Morgan fingerprint density at radius 2 is 2.03 bits per heavy atom. The number of aromatic nitrogens is 2. The molecule has 1 saturated heterocycles. The van der Waals surface area contributed by atoms with Crippen molar-refractivity contribution in [2.75, 3.05) is 13.1 Å². The van der Waals surface area contributed by atoms with E-state index in [0.717, 1.165) is 12.8 Å². The zero-order valence-electron chi connectivity index (χ0n) is 18.5. The molecule has 1 fully saturated rings. The van der Waals surface area contributed by atoms with Gasteiger partial charge in [0.05, 0.1) is 4.90 Å². The van der Waals surface area contributed by atoms with Gasteiger partial charge in [-0.2, -0.15) is 9.98 Å². The van der Waals surface area contributed by atoms with Crippen molar-refractivity contribution >= 4 is 26.7 Å². The third-order valence-electron chi connectivity index (χ3n) is 6.22. The summed E-state index contributed by atoms with van der Waals surface area (Å²) in [4.78, 5) is 19.3. The fraction of sp³-hybridized carbons (Fsp3) is 0.375. The van der Waals surface area contributed by atoms with Gasteiger partial charge in [-0.05, 0) is 49.4 Å². The summed E-state index contributed by atoms with van der Waals surface area (Å²) in [5.41, 5.74) is 0.470. The van der Waals surface area contributed by atoms with E-state index in [1.54, 1.807) is 58.4 Å². The van der Waals surface area contributed by atoms with Crippen LogP contribution in [0.25, 0.3) is 10.8 Å². The number of hydrogen-bond acceptors (Lipinski definition) is 5. The first kappa shape index (κ1) is 23.0. The fourth-order valence-corrected chi connectivity index (χ4v) is 5.69. The highest BCUT2D eigenvalue weighted by molar-refractivity contribution is 7.89. The summed E-state index contributed by atoms with van der Waals surface area (Å²) < 4.78 is 31.2. The Morgan fingerprint density at radius 1 is 1.24 bits per heavy atom. The number of piperidine rings is 1. The first-order chi connectivity index (χ1) is 15.9. The Bertz CT molecular complexity index is 1280. The molecule has 0 radical (unpaired) electrons. The van der Waals surface area contributed by atoms with Crippen LogP contribution >= 0.6 is 0 Å². The Labute approximate surface area is 193 Å². The van der Waals surface area contributed by atoms with Gasteiger partial charge >= 0.3 is 0 Å². The maximum absolute atomic E-state index is 13.4. The quantitative estimate of drug-likeness (QED) is 0.577. The minimum atomic E-state index is -3.99. The van der Waals surface area contributed by atoms with Gasteiger partial charge in [0.2, 0.25) is 15.9 Å². The predicted octanol–water partition coefficient (Wildman–Crippen LogP) is 2.90. The first-order valence-electron chi connectivity index (χ1n) is 11.1. The standard InChI is InChI=1S/C24H27N5O3S/c1-18-8-13-29(14-9-18)24(30)22(10-15-28-12-3-5-20(28)16-25)27-33(31,32)23-6-2-4-19-17-26-11-7-21(19)23/h2-7,11-12,17-18,22,27H,8-10,13-15H2,1H3. The van der Waals surface area contributed by atoms with Gasteiger partial charge in [0, 0.05) is 49.0 Å². The molecule has 0 bridgehead atoms. The zero-order valence-corrected chi connectivity index (χ0v) is 19.3. The van der Waals surface area contributed by atoms with Crippen LogP contribution in [0.15, 0.2) is 59.9 Å². The second kappa shape index (κ2) is 9.73. The number of hydrogen-bond donors (Lipinski definition) is 1. The topological polar surface area (TPSA) is 108 Å². The van der Waals surface area contributed by atoms with Gasteiger partial charge in [0.1, 0.15) is 17.8 Å². The molecule has 0 saturated carbocycles. The number of amides is 1. The summed E-state index contributed by atoms with van der Waals surface area (Å²) in [5, 5.41) is 10.5. The molecule has 1 atom stereocenters. The molecule has 8 nitrogen and oxygen atoms in total. The molecule has 0 spiro atoms. The van der Waals surface area contributed by atoms with Gasteiger partial charge in [0.25, 0.3) is 0 Å². The molecule has 1 aliphatic heterocycles. The molecule has 1 aromatic carbocycles. The number of pyridine rings is 1. The van der Waals surface area contributed by atoms with Crippen molar-refractivity contribution in [3.05, 3.63) is 60.7 Å². The van der Waals surface area contributed by atoms with Crippen LogP contribution in [-0.2, 0) is 21.4 Å². The van der Waals surface area contributed by atoms with Crippen LogP contribution < -0.4 is 4.72 Å². The Morgan fingerprint density at radius 3 is 2.79 bits per heavy atom. The third-order valence-corrected chi connectivity index (χ3v) is 7.75. The lowest BCUT2D eigenvalue weighted by molar-refractivity contribution is -0.134. The van der Waals surface area contributed by atoms with Crippen molar-refractivity contribution in [1.82, 2.24) is 19.2 Å². The smallest absolute Gasteiger partial charge is 0.241 e. The summed E-state index contributed by atoms with van der Waals surface area (Å²) in [5.74, 6) is 0.324. The normalized spacial score (nSPS) is 15.9. The molecule has 9 heteroatoms. The SMILES string of the molecule is CC1CCN(C(=O)C(CCn2cccc2C#N)NS(=O)(=O)c2cccc3cnccc23)CC1. The second-order valence-corrected chi connectivity index (χ2v) is 10.2. The van der Waals surface area contributed by atoms with E-state index in [1.165, 1.54) is 6.07 Å². The molecule has 172 valence electrons. The average Bonchev–Trinajstić information content (AvgIpc) is 3.29. The molecule has 4 rings (SSSR count). The number of nitriles is 1. The average molecular weight is 466 g/mol. The lowest BCUT2D eigenvalue weighted by atomic mass is 9.98. The first-order valence-corrected chi connectivity index (χ1v) is 12.6. The highest BCUT2D eigenvalue weighted by Crippen LogP contribution is 2.23. The van der Waals surface area contributed by atoms with Gasteiger partial charge < -0.3 is 9.47 Å². The monoisotopic (exact) mass is 465 g/mol. The van der Waals surface area contributed by atoms with Crippen molar-refractivity contribution in [3.63, 3.8) is 0 Å². The van der Waals surface area contributed by atoms with Gasteiger partial charge in [-0.1, -0.05) is 19.1 Å². The largest absolute Gasteiger partial charge is 0.341 e. The Hall–Kier alpha value is -3.22. The summed E-state index contributed by atoms with van der Waals surface area (Å²) >= 11 is 0. The molecule has 1 unspecified atom stereocenters. The van der Waals surface area contributed by atoms with Crippen molar-refractivity contribution < 1.29 is 13.2 Å². The fourth-order valence-electron chi connectivity index (χ4n) is 4.24. The number of fused-ring (bicyclic) bond motifs is 1. The number of nitrogens with one attached hydrogen (secondary N) is 1. The molecular weight excluding hydrogens is 438 g/mol. The number of benzene rings is 1.